The number of benzene rings is 1. The Morgan fingerprint density at radius 2 is 1.67 bits per heavy atom. The lowest BCUT2D eigenvalue weighted by molar-refractivity contribution is 0.334. The van der Waals surface area contributed by atoms with Crippen molar-refractivity contribution < 1.29 is 18.9 Å². The van der Waals surface area contributed by atoms with Crippen LogP contribution in [0, 0.1) is 6.07 Å². The first kappa shape index (κ1) is 14.8. The van der Waals surface area contributed by atoms with E-state index in [0.717, 1.165) is 0 Å². The Morgan fingerprint density at radius 3 is 2.19 bits per heavy atom. The summed E-state index contributed by atoms with van der Waals surface area (Å²) in [5.74, 6) is 1.38. The second-order valence-electron chi connectivity index (χ2n) is 3.82. The van der Waals surface area contributed by atoms with Crippen LogP contribution in [0.15, 0.2) is 12.1 Å². The largest absolute Gasteiger partial charge is 0.495 e. The van der Waals surface area contributed by atoms with Gasteiger partial charge in [0, 0.05) is 6.07 Å². The zero-order chi connectivity index (χ0) is 15.2. The van der Waals surface area contributed by atoms with Gasteiger partial charge in [-0.05, 0) is 19.1 Å². The summed E-state index contributed by atoms with van der Waals surface area (Å²) < 4.78 is 21.0. The maximum Gasteiger partial charge on any atom is 0.322 e. The van der Waals surface area contributed by atoms with Crippen LogP contribution in [0.4, 0.5) is 0 Å². The van der Waals surface area contributed by atoms with Gasteiger partial charge < -0.3 is 18.9 Å². The average Bonchev–Trinajstić information content (AvgIpc) is 2.54. The van der Waals surface area contributed by atoms with Crippen molar-refractivity contribution in [3.63, 3.8) is 0 Å². The van der Waals surface area contributed by atoms with Gasteiger partial charge in [0.1, 0.15) is 17.1 Å². The van der Waals surface area contributed by atoms with Crippen molar-refractivity contribution in [1.82, 2.24) is 15.0 Å². The van der Waals surface area contributed by atoms with Crippen molar-refractivity contribution in [2.24, 2.45) is 0 Å². The summed E-state index contributed by atoms with van der Waals surface area (Å²) in [4.78, 5) is 12.4. The Morgan fingerprint density at radius 1 is 1.00 bits per heavy atom. The van der Waals surface area contributed by atoms with Crippen LogP contribution in [-0.2, 0) is 0 Å². The van der Waals surface area contributed by atoms with Gasteiger partial charge in [0.2, 0.25) is 0 Å². The van der Waals surface area contributed by atoms with E-state index in [1.807, 2.05) is 6.92 Å². The van der Waals surface area contributed by atoms with Gasteiger partial charge in [-0.2, -0.15) is 9.97 Å². The van der Waals surface area contributed by atoms with Crippen LogP contribution in [0.5, 0.6) is 23.5 Å². The van der Waals surface area contributed by atoms with Crippen molar-refractivity contribution >= 4 is 0 Å². The van der Waals surface area contributed by atoms with Gasteiger partial charge in [0.15, 0.2) is 5.82 Å². The van der Waals surface area contributed by atoms with E-state index >= 15 is 0 Å². The molecule has 0 spiro atoms. The molecular formula is C14H16N3O4. The lowest BCUT2D eigenvalue weighted by Crippen LogP contribution is -2.04. The number of ether oxygens (including phenoxy) is 4. The number of hydrogen-bond donors (Lipinski definition) is 0. The molecule has 7 heteroatoms. The fourth-order valence-corrected chi connectivity index (χ4v) is 1.74. The molecule has 0 saturated carbocycles. The third kappa shape index (κ3) is 3.13. The van der Waals surface area contributed by atoms with E-state index in [0.29, 0.717) is 29.5 Å². The summed E-state index contributed by atoms with van der Waals surface area (Å²) in [6.45, 7) is 2.39. The zero-order valence-corrected chi connectivity index (χ0v) is 12.3. The van der Waals surface area contributed by atoms with Crippen LogP contribution >= 0.6 is 0 Å². The highest BCUT2D eigenvalue weighted by molar-refractivity contribution is 5.71. The summed E-state index contributed by atoms with van der Waals surface area (Å²) in [5.41, 5.74) is 0.570. The topological polar surface area (TPSA) is 75.6 Å². The molecule has 0 aliphatic carbocycles. The zero-order valence-electron chi connectivity index (χ0n) is 12.3. The quantitative estimate of drug-likeness (QED) is 0.802. The van der Waals surface area contributed by atoms with E-state index in [9.17, 15) is 0 Å². The molecule has 21 heavy (non-hydrogen) atoms. The number of nitrogens with zero attached hydrogens (tertiary/aromatic N) is 3. The van der Waals surface area contributed by atoms with Crippen LogP contribution in [-0.4, -0.2) is 42.9 Å². The second kappa shape index (κ2) is 6.74. The summed E-state index contributed by atoms with van der Waals surface area (Å²) >= 11 is 0. The molecule has 0 fully saturated rings. The molecule has 7 nitrogen and oxygen atoms in total. The molecule has 0 aliphatic heterocycles. The Labute approximate surface area is 122 Å². The molecule has 0 unspecified atom stereocenters. The molecule has 1 radical (unpaired) electrons. The summed E-state index contributed by atoms with van der Waals surface area (Å²) in [6, 6.07) is 6.74. The molecule has 0 saturated heterocycles. The third-order valence-electron chi connectivity index (χ3n) is 2.61. The van der Waals surface area contributed by atoms with E-state index < -0.39 is 0 Å². The van der Waals surface area contributed by atoms with Crippen molar-refractivity contribution in [2.45, 2.75) is 6.92 Å². The van der Waals surface area contributed by atoms with Gasteiger partial charge in [-0.25, -0.2) is 0 Å². The minimum absolute atomic E-state index is 0.144. The Kier molecular flexibility index (Phi) is 4.76. The van der Waals surface area contributed by atoms with Crippen molar-refractivity contribution in [1.29, 1.82) is 0 Å². The predicted molar refractivity (Wildman–Crippen MR) is 74.9 cm³/mol. The van der Waals surface area contributed by atoms with Crippen LogP contribution in [0.2, 0.25) is 0 Å². The van der Waals surface area contributed by atoms with Crippen LogP contribution in [0.1, 0.15) is 6.92 Å². The van der Waals surface area contributed by atoms with Crippen molar-refractivity contribution in [3.05, 3.63) is 18.2 Å². The minimum Gasteiger partial charge on any atom is -0.495 e. The lowest BCUT2D eigenvalue weighted by atomic mass is 10.1. The third-order valence-corrected chi connectivity index (χ3v) is 2.61. The number of methoxy groups -OCH3 is 3. The summed E-state index contributed by atoms with van der Waals surface area (Å²) in [7, 11) is 4.48. The Hall–Kier alpha value is -2.57. The number of hydrogen-bond acceptors (Lipinski definition) is 7. The molecule has 0 amide bonds. The van der Waals surface area contributed by atoms with Crippen molar-refractivity contribution in [2.75, 3.05) is 27.9 Å². The standard InChI is InChI=1S/C14H16N3O4/c1-5-21-10-8-6-7-9(18-2)11(10)12-15-13(19-3)17-14(16-12)20-4/h6,8H,5H2,1-4H3. The molecule has 2 aromatic rings. The van der Waals surface area contributed by atoms with E-state index in [1.165, 1.54) is 14.2 Å². The molecule has 111 valence electrons. The fraction of sp³-hybridized carbons (Fsp3) is 0.357. The van der Waals surface area contributed by atoms with Gasteiger partial charge in [-0.15, -0.1) is 4.98 Å². The van der Waals surface area contributed by atoms with Gasteiger partial charge in [-0.1, -0.05) is 0 Å². The predicted octanol–water partition coefficient (Wildman–Crippen LogP) is 1.76. The van der Waals surface area contributed by atoms with Crippen molar-refractivity contribution in [3.8, 4) is 34.9 Å². The first-order chi connectivity index (χ1) is 10.2. The molecule has 2 rings (SSSR count). The molecule has 1 aromatic heterocycles. The summed E-state index contributed by atoms with van der Waals surface area (Å²) in [5, 5.41) is 0. The van der Waals surface area contributed by atoms with E-state index in [1.54, 1.807) is 19.2 Å². The second-order valence-corrected chi connectivity index (χ2v) is 3.82. The van der Waals surface area contributed by atoms with E-state index in [4.69, 9.17) is 18.9 Å². The minimum atomic E-state index is 0.144. The van der Waals surface area contributed by atoms with Gasteiger partial charge in [-0.3, -0.25) is 0 Å². The molecule has 1 heterocycles. The molecular weight excluding hydrogens is 274 g/mol. The normalized spacial score (nSPS) is 10.1. The monoisotopic (exact) mass is 290 g/mol. The first-order valence-corrected chi connectivity index (χ1v) is 6.29. The smallest absolute Gasteiger partial charge is 0.322 e. The summed E-state index contributed by atoms with van der Waals surface area (Å²) in [6.07, 6.45) is 0. The van der Waals surface area contributed by atoms with Crippen LogP contribution in [0.25, 0.3) is 11.4 Å². The molecule has 1 aromatic carbocycles. The number of rotatable bonds is 6. The Balaban J connectivity index is 2.64. The maximum atomic E-state index is 5.60. The highest BCUT2D eigenvalue weighted by atomic mass is 16.5. The van der Waals surface area contributed by atoms with E-state index in [2.05, 4.69) is 21.0 Å². The SMILES string of the molecule is CCOc1cc[c]c(OC)c1-c1nc(OC)nc(OC)n1. The molecule has 0 atom stereocenters. The average molecular weight is 290 g/mol. The molecule has 0 aliphatic rings. The molecule has 0 bridgehead atoms. The van der Waals surface area contributed by atoms with Crippen LogP contribution in [0.3, 0.4) is 0 Å². The Bertz CT molecular complexity index is 597. The van der Waals surface area contributed by atoms with Crippen LogP contribution < -0.4 is 18.9 Å². The first-order valence-electron chi connectivity index (χ1n) is 6.29. The highest BCUT2D eigenvalue weighted by Crippen LogP contribution is 2.37. The fourth-order valence-electron chi connectivity index (χ4n) is 1.74. The van der Waals surface area contributed by atoms with Gasteiger partial charge >= 0.3 is 12.0 Å². The molecule has 0 N–H and O–H groups in total. The maximum absolute atomic E-state index is 5.60. The lowest BCUT2D eigenvalue weighted by Gasteiger charge is -2.13. The van der Waals surface area contributed by atoms with Gasteiger partial charge in [0.25, 0.3) is 0 Å². The highest BCUT2D eigenvalue weighted by Gasteiger charge is 2.18. The number of aromatic nitrogens is 3. The van der Waals surface area contributed by atoms with E-state index in [-0.39, 0.29) is 12.0 Å². The van der Waals surface area contributed by atoms with Gasteiger partial charge in [0.05, 0.1) is 27.9 Å².